The first-order chi connectivity index (χ1) is 12.4. The number of hydrogen-bond acceptors (Lipinski definition) is 9. The van der Waals surface area contributed by atoms with Crippen molar-refractivity contribution in [2.24, 2.45) is 0 Å². The second kappa shape index (κ2) is 8.93. The first kappa shape index (κ1) is 22.5. The average Bonchev–Trinajstić information content (AvgIpc) is 3.01. The zero-order valence-electron chi connectivity index (χ0n) is 16.2. The van der Waals surface area contributed by atoms with Crippen LogP contribution in [0.3, 0.4) is 0 Å². The molecule has 0 spiro atoms. The Hall–Kier alpha value is -2.50. The number of ketones is 2. The summed E-state index contributed by atoms with van der Waals surface area (Å²) in [6.45, 7) is 7.23. The van der Waals surface area contributed by atoms with Gasteiger partial charge in [-0.1, -0.05) is 4.98 Å². The molecule has 0 bridgehead atoms. The number of likely N-dealkylation sites (N-methyl/N-ethyl adjacent to an activating group) is 1. The Labute approximate surface area is 157 Å². The van der Waals surface area contributed by atoms with Gasteiger partial charge in [0.25, 0.3) is 0 Å². The van der Waals surface area contributed by atoms with Crippen molar-refractivity contribution in [3.63, 3.8) is 0 Å². The quantitative estimate of drug-likeness (QED) is 0.216. The van der Waals surface area contributed by atoms with Gasteiger partial charge in [-0.2, -0.15) is 0 Å². The number of imidazole rings is 1. The molecule has 0 saturated heterocycles. The van der Waals surface area contributed by atoms with Crippen molar-refractivity contribution >= 4 is 23.8 Å². The number of nitrogens with one attached hydrogen (secondary N) is 2. The highest BCUT2D eigenvalue weighted by molar-refractivity contribution is 6.29. The fourth-order valence-electron chi connectivity index (χ4n) is 2.32. The molecule has 1 rings (SSSR count). The van der Waals surface area contributed by atoms with Crippen molar-refractivity contribution in [1.82, 2.24) is 25.3 Å². The van der Waals surface area contributed by atoms with E-state index in [0.717, 1.165) is 0 Å². The Morgan fingerprint density at radius 3 is 2.52 bits per heavy atom. The van der Waals surface area contributed by atoms with Crippen molar-refractivity contribution in [3.05, 3.63) is 22.5 Å². The predicted molar refractivity (Wildman–Crippen MR) is 96.9 cm³/mol. The molecule has 0 atom stereocenters. The fraction of sp³-hybridized carbons (Fsp3) is 0.625. The SMILES string of the molecule is CN(CCNC(C)(C)C(=O)Cn1ccnc1[N+](=O)[O-])NC(C)(C)C(=O)C=O. The summed E-state index contributed by atoms with van der Waals surface area (Å²) in [6.07, 6.45) is 2.93. The summed E-state index contributed by atoms with van der Waals surface area (Å²) in [5, 5.41) is 15.6. The topological polar surface area (TPSA) is 139 Å². The molecule has 0 saturated carbocycles. The zero-order valence-corrected chi connectivity index (χ0v) is 16.2. The van der Waals surface area contributed by atoms with E-state index in [0.29, 0.717) is 13.1 Å². The minimum Gasteiger partial charge on any atom is -0.390 e. The number of hydrazine groups is 1. The number of hydrogen-bond donors (Lipinski definition) is 2. The van der Waals surface area contributed by atoms with Gasteiger partial charge in [-0.25, -0.2) is 15.0 Å². The third-order valence-corrected chi connectivity index (χ3v) is 4.08. The molecule has 1 aromatic rings. The van der Waals surface area contributed by atoms with E-state index in [4.69, 9.17) is 0 Å². The molecule has 11 nitrogen and oxygen atoms in total. The van der Waals surface area contributed by atoms with Gasteiger partial charge >= 0.3 is 5.95 Å². The second-order valence-corrected chi connectivity index (χ2v) is 7.23. The predicted octanol–water partition coefficient (Wildman–Crippen LogP) is -0.288. The maximum Gasteiger partial charge on any atom is 0.434 e. The lowest BCUT2D eigenvalue weighted by molar-refractivity contribution is -0.396. The molecule has 0 unspecified atom stereocenters. The first-order valence-corrected chi connectivity index (χ1v) is 8.33. The average molecular weight is 382 g/mol. The summed E-state index contributed by atoms with van der Waals surface area (Å²) < 4.78 is 1.19. The van der Waals surface area contributed by atoms with Crippen LogP contribution in [0.5, 0.6) is 0 Å². The number of carbonyl (C=O) groups excluding carboxylic acids is 3. The van der Waals surface area contributed by atoms with Crippen LogP contribution in [-0.2, 0) is 20.9 Å². The molecule has 1 aromatic heterocycles. The molecule has 0 aliphatic carbocycles. The Morgan fingerprint density at radius 2 is 1.96 bits per heavy atom. The van der Waals surface area contributed by atoms with E-state index in [2.05, 4.69) is 15.7 Å². The minimum absolute atomic E-state index is 0.175. The largest absolute Gasteiger partial charge is 0.434 e. The molecule has 0 radical (unpaired) electrons. The van der Waals surface area contributed by atoms with Gasteiger partial charge in [-0.3, -0.25) is 14.4 Å². The van der Waals surface area contributed by atoms with Crippen LogP contribution < -0.4 is 10.7 Å². The summed E-state index contributed by atoms with van der Waals surface area (Å²) in [6, 6.07) is 0. The number of carbonyl (C=O) groups is 3. The first-order valence-electron chi connectivity index (χ1n) is 8.33. The number of Topliss-reactive ketones (excluding diaryl/α,β-unsaturated/α-hetero) is 2. The van der Waals surface area contributed by atoms with Gasteiger partial charge in [-0.15, -0.1) is 0 Å². The maximum absolute atomic E-state index is 12.5. The molecule has 0 fully saturated rings. The summed E-state index contributed by atoms with van der Waals surface area (Å²) >= 11 is 0. The Kier molecular flexibility index (Phi) is 7.46. The van der Waals surface area contributed by atoms with Crippen molar-refractivity contribution in [2.75, 3.05) is 20.1 Å². The van der Waals surface area contributed by atoms with Gasteiger partial charge < -0.3 is 15.4 Å². The monoisotopic (exact) mass is 382 g/mol. The van der Waals surface area contributed by atoms with Crippen molar-refractivity contribution < 1.29 is 19.3 Å². The van der Waals surface area contributed by atoms with Gasteiger partial charge in [0.15, 0.2) is 12.1 Å². The minimum atomic E-state index is -1.03. The summed E-state index contributed by atoms with van der Waals surface area (Å²) in [5.74, 6) is -1.19. The Bertz CT molecular complexity index is 712. The van der Waals surface area contributed by atoms with Crippen LogP contribution in [0.2, 0.25) is 0 Å². The van der Waals surface area contributed by atoms with Crippen LogP contribution in [0.1, 0.15) is 27.7 Å². The molecule has 2 N–H and O–H groups in total. The maximum atomic E-state index is 12.5. The second-order valence-electron chi connectivity index (χ2n) is 7.23. The number of aromatic nitrogens is 2. The summed E-state index contributed by atoms with van der Waals surface area (Å²) in [5.41, 5.74) is 0.970. The van der Waals surface area contributed by atoms with E-state index < -0.39 is 21.8 Å². The van der Waals surface area contributed by atoms with Crippen LogP contribution in [0, 0.1) is 10.1 Å². The van der Waals surface area contributed by atoms with Crippen molar-refractivity contribution in [2.45, 2.75) is 45.3 Å². The molecule has 11 heteroatoms. The summed E-state index contributed by atoms with van der Waals surface area (Å²) in [4.78, 5) is 48.5. The molecule has 0 aromatic carbocycles. The molecular weight excluding hydrogens is 356 g/mol. The van der Waals surface area contributed by atoms with E-state index in [-0.39, 0.29) is 24.6 Å². The number of rotatable bonds is 12. The highest BCUT2D eigenvalue weighted by atomic mass is 16.6. The molecule has 0 aliphatic rings. The lowest BCUT2D eigenvalue weighted by Gasteiger charge is -2.31. The van der Waals surface area contributed by atoms with Crippen LogP contribution in [0.25, 0.3) is 0 Å². The molecule has 0 aliphatic heterocycles. The number of aldehydes is 1. The molecule has 150 valence electrons. The van der Waals surface area contributed by atoms with E-state index >= 15 is 0 Å². The Morgan fingerprint density at radius 1 is 1.33 bits per heavy atom. The third-order valence-electron chi connectivity index (χ3n) is 4.08. The molecule has 1 heterocycles. The number of nitro groups is 1. The normalized spacial score (nSPS) is 12.2. The smallest absolute Gasteiger partial charge is 0.390 e. The highest BCUT2D eigenvalue weighted by Crippen LogP contribution is 2.12. The van der Waals surface area contributed by atoms with Gasteiger partial charge in [0.1, 0.15) is 18.9 Å². The Balaban J connectivity index is 2.56. The molecular formula is C16H26N6O5. The van der Waals surface area contributed by atoms with E-state index in [1.54, 1.807) is 39.8 Å². The van der Waals surface area contributed by atoms with Gasteiger partial charge in [0.05, 0.1) is 11.1 Å². The van der Waals surface area contributed by atoms with Gasteiger partial charge in [-0.05, 0) is 32.6 Å². The standard InChI is InChI=1S/C16H26N6O5/c1-15(2,12(24)10-21-9-6-17-14(21)22(26)27)18-7-8-20(5)19-16(3,4)13(25)11-23/h6,9,11,18-19H,7-8,10H2,1-5H3. The third kappa shape index (κ3) is 6.31. The lowest BCUT2D eigenvalue weighted by Crippen LogP contribution is -2.57. The van der Waals surface area contributed by atoms with Gasteiger partial charge in [0.2, 0.25) is 5.78 Å². The van der Waals surface area contributed by atoms with E-state index in [1.165, 1.54) is 17.0 Å². The van der Waals surface area contributed by atoms with Crippen molar-refractivity contribution in [3.8, 4) is 0 Å². The zero-order chi connectivity index (χ0) is 20.8. The summed E-state index contributed by atoms with van der Waals surface area (Å²) in [7, 11) is 1.71. The lowest BCUT2D eigenvalue weighted by atomic mass is 9.99. The van der Waals surface area contributed by atoms with E-state index in [9.17, 15) is 24.5 Å². The molecule has 0 amide bonds. The van der Waals surface area contributed by atoms with Crippen LogP contribution in [-0.4, -0.2) is 68.6 Å². The van der Waals surface area contributed by atoms with Crippen LogP contribution in [0.15, 0.2) is 12.4 Å². The van der Waals surface area contributed by atoms with Crippen molar-refractivity contribution in [1.29, 1.82) is 0 Å². The van der Waals surface area contributed by atoms with E-state index in [1.807, 2.05) is 0 Å². The van der Waals surface area contributed by atoms with Crippen LogP contribution >= 0.6 is 0 Å². The van der Waals surface area contributed by atoms with Gasteiger partial charge in [0, 0.05) is 20.1 Å². The fourth-order valence-corrected chi connectivity index (χ4v) is 2.32. The number of nitrogens with zero attached hydrogens (tertiary/aromatic N) is 4. The molecule has 27 heavy (non-hydrogen) atoms. The highest BCUT2D eigenvalue weighted by Gasteiger charge is 2.31. The van der Waals surface area contributed by atoms with Crippen LogP contribution in [0.4, 0.5) is 5.95 Å².